The van der Waals surface area contributed by atoms with Gasteiger partial charge in [0.05, 0.1) is 11.9 Å². The molecule has 0 bridgehead atoms. The maximum absolute atomic E-state index is 8.79. The Bertz CT molecular complexity index is 478. The molecule has 0 aromatic carbocycles. The van der Waals surface area contributed by atoms with Gasteiger partial charge in [-0.15, -0.1) is 0 Å². The van der Waals surface area contributed by atoms with Gasteiger partial charge in [0.15, 0.2) is 6.19 Å². The zero-order valence-electron chi connectivity index (χ0n) is 14.9. The predicted octanol–water partition coefficient (Wildman–Crippen LogP) is 4.84. The molecule has 1 aromatic rings. The lowest BCUT2D eigenvalue weighted by Gasteiger charge is -2.07. The van der Waals surface area contributed by atoms with Crippen LogP contribution in [0.2, 0.25) is 0 Å². The summed E-state index contributed by atoms with van der Waals surface area (Å²) in [6.45, 7) is 2.99. The summed E-state index contributed by atoms with van der Waals surface area (Å²) in [4.78, 5) is 8.45. The van der Waals surface area contributed by atoms with Crippen LogP contribution in [-0.4, -0.2) is 17.5 Å². The molecule has 1 aromatic heterocycles. The highest BCUT2D eigenvalue weighted by molar-refractivity contribution is 5.94. The lowest BCUT2D eigenvalue weighted by Crippen LogP contribution is -2.27. The highest BCUT2D eigenvalue weighted by Crippen LogP contribution is 2.10. The van der Waals surface area contributed by atoms with Crippen molar-refractivity contribution in [2.24, 2.45) is 4.99 Å². The maximum Gasteiger partial charge on any atom is 0.209 e. The molecule has 2 N–H and O–H groups in total. The Kier molecular flexibility index (Phi) is 12.1. The van der Waals surface area contributed by atoms with Crippen molar-refractivity contribution in [1.82, 2.24) is 10.3 Å². The molecular weight excluding hydrogens is 298 g/mol. The van der Waals surface area contributed by atoms with Crippen molar-refractivity contribution in [3.05, 3.63) is 24.5 Å². The van der Waals surface area contributed by atoms with E-state index in [4.69, 9.17) is 5.26 Å². The third-order valence-corrected chi connectivity index (χ3v) is 3.88. The fourth-order valence-corrected chi connectivity index (χ4v) is 2.53. The molecule has 0 saturated carbocycles. The van der Waals surface area contributed by atoms with E-state index in [1.165, 1.54) is 57.8 Å². The molecule has 0 radical (unpaired) electrons. The van der Waals surface area contributed by atoms with E-state index in [1.54, 1.807) is 12.4 Å². The second-order valence-electron chi connectivity index (χ2n) is 6.02. The number of aliphatic imine (C=N–C) groups is 1. The van der Waals surface area contributed by atoms with Crippen molar-refractivity contribution in [2.45, 2.75) is 71.1 Å². The Morgan fingerprint density at radius 1 is 1.08 bits per heavy atom. The average molecular weight is 329 g/mol. The maximum atomic E-state index is 8.79. The van der Waals surface area contributed by atoms with Crippen LogP contribution in [-0.2, 0) is 0 Å². The van der Waals surface area contributed by atoms with Crippen LogP contribution in [0, 0.1) is 11.5 Å². The number of unbranched alkanes of at least 4 members (excludes halogenated alkanes) is 9. The monoisotopic (exact) mass is 329 g/mol. The van der Waals surface area contributed by atoms with Crippen LogP contribution in [0.3, 0.4) is 0 Å². The Morgan fingerprint density at radius 2 is 1.75 bits per heavy atom. The third-order valence-electron chi connectivity index (χ3n) is 3.88. The first-order valence-electron chi connectivity index (χ1n) is 9.23. The molecule has 5 heteroatoms. The van der Waals surface area contributed by atoms with E-state index in [9.17, 15) is 0 Å². The standard InChI is InChI=1S/C19H31N5/c1-2-3-4-5-6-7-8-9-10-11-15-22-19(23-17-20)24-18-13-12-14-21-16-18/h12-14,16H,2-11,15H2,1H3,(H2,22,23,24). The van der Waals surface area contributed by atoms with Gasteiger partial charge in [-0.05, 0) is 18.6 Å². The van der Waals surface area contributed by atoms with Gasteiger partial charge in [0.25, 0.3) is 0 Å². The summed E-state index contributed by atoms with van der Waals surface area (Å²) in [6.07, 6.45) is 18.4. The molecule has 0 aliphatic rings. The first-order valence-corrected chi connectivity index (χ1v) is 9.23. The molecule has 0 spiro atoms. The van der Waals surface area contributed by atoms with Crippen LogP contribution in [0.4, 0.5) is 5.69 Å². The van der Waals surface area contributed by atoms with E-state index in [1.807, 2.05) is 18.3 Å². The fraction of sp³-hybridized carbons (Fsp3) is 0.632. The molecule has 132 valence electrons. The molecule has 0 unspecified atom stereocenters. The molecule has 0 fully saturated rings. The zero-order valence-corrected chi connectivity index (χ0v) is 14.9. The minimum atomic E-state index is 0.487. The molecule has 0 atom stereocenters. The Labute approximate surface area is 146 Å². The second kappa shape index (κ2) is 14.5. The van der Waals surface area contributed by atoms with E-state index in [2.05, 4.69) is 27.5 Å². The lowest BCUT2D eigenvalue weighted by atomic mass is 10.1. The normalized spacial score (nSPS) is 11.1. The number of aromatic nitrogens is 1. The van der Waals surface area contributed by atoms with Crippen LogP contribution >= 0.6 is 0 Å². The van der Waals surface area contributed by atoms with E-state index in [0.29, 0.717) is 5.96 Å². The summed E-state index contributed by atoms with van der Waals surface area (Å²) in [5, 5.41) is 14.4. The SMILES string of the molecule is CCCCCCCCCCCCN=C(NC#N)Nc1cccnc1. The van der Waals surface area contributed by atoms with Crippen LogP contribution in [0.25, 0.3) is 0 Å². The highest BCUT2D eigenvalue weighted by Gasteiger charge is 1.99. The number of pyridine rings is 1. The average Bonchev–Trinajstić information content (AvgIpc) is 2.60. The van der Waals surface area contributed by atoms with Crippen LogP contribution in [0.15, 0.2) is 29.5 Å². The van der Waals surface area contributed by atoms with Gasteiger partial charge in [-0.25, -0.2) is 0 Å². The number of hydrogen-bond acceptors (Lipinski definition) is 3. The van der Waals surface area contributed by atoms with Crippen LogP contribution in [0.1, 0.15) is 71.1 Å². The van der Waals surface area contributed by atoms with Crippen molar-refractivity contribution in [3.63, 3.8) is 0 Å². The molecule has 1 rings (SSSR count). The number of anilines is 1. The molecule has 0 saturated heterocycles. The quantitative estimate of drug-likeness (QED) is 0.189. The first kappa shape index (κ1) is 20.0. The van der Waals surface area contributed by atoms with Crippen molar-refractivity contribution in [3.8, 4) is 6.19 Å². The van der Waals surface area contributed by atoms with Gasteiger partial charge in [-0.3, -0.25) is 15.3 Å². The third kappa shape index (κ3) is 10.6. The Balaban J connectivity index is 2.09. The van der Waals surface area contributed by atoms with E-state index in [-0.39, 0.29) is 0 Å². The molecule has 0 aliphatic carbocycles. The minimum absolute atomic E-state index is 0.487. The van der Waals surface area contributed by atoms with Crippen LogP contribution < -0.4 is 10.6 Å². The molecule has 24 heavy (non-hydrogen) atoms. The zero-order chi connectivity index (χ0) is 17.3. The summed E-state index contributed by atoms with van der Waals surface area (Å²) >= 11 is 0. The highest BCUT2D eigenvalue weighted by atomic mass is 15.2. The van der Waals surface area contributed by atoms with Crippen molar-refractivity contribution < 1.29 is 0 Å². The van der Waals surface area contributed by atoms with Gasteiger partial charge >= 0.3 is 0 Å². The topological polar surface area (TPSA) is 73.1 Å². The summed E-state index contributed by atoms with van der Waals surface area (Å²) in [7, 11) is 0. The van der Waals surface area contributed by atoms with Crippen molar-refractivity contribution >= 4 is 11.6 Å². The molecule has 0 amide bonds. The molecular formula is C19H31N5. The van der Waals surface area contributed by atoms with Crippen LogP contribution in [0.5, 0.6) is 0 Å². The van der Waals surface area contributed by atoms with Crippen molar-refractivity contribution in [2.75, 3.05) is 11.9 Å². The van der Waals surface area contributed by atoms with Gasteiger partial charge in [0, 0.05) is 12.7 Å². The lowest BCUT2D eigenvalue weighted by molar-refractivity contribution is 0.558. The largest absolute Gasteiger partial charge is 0.324 e. The van der Waals surface area contributed by atoms with Gasteiger partial charge < -0.3 is 5.32 Å². The second-order valence-corrected chi connectivity index (χ2v) is 6.02. The molecule has 1 heterocycles. The number of nitrogens with one attached hydrogen (secondary N) is 2. The minimum Gasteiger partial charge on any atom is -0.324 e. The molecule has 5 nitrogen and oxygen atoms in total. The van der Waals surface area contributed by atoms with E-state index >= 15 is 0 Å². The number of nitriles is 1. The Morgan fingerprint density at radius 3 is 2.33 bits per heavy atom. The summed E-state index contributed by atoms with van der Waals surface area (Å²) < 4.78 is 0. The van der Waals surface area contributed by atoms with Gasteiger partial charge in [0.2, 0.25) is 5.96 Å². The summed E-state index contributed by atoms with van der Waals surface area (Å²) in [6, 6.07) is 3.73. The number of guanidine groups is 1. The van der Waals surface area contributed by atoms with E-state index < -0.39 is 0 Å². The smallest absolute Gasteiger partial charge is 0.209 e. The number of rotatable bonds is 12. The first-order chi connectivity index (χ1) is 11.9. The predicted molar refractivity (Wildman–Crippen MR) is 101 cm³/mol. The van der Waals surface area contributed by atoms with Gasteiger partial charge in [0.1, 0.15) is 0 Å². The number of hydrogen-bond donors (Lipinski definition) is 2. The van der Waals surface area contributed by atoms with E-state index in [0.717, 1.165) is 18.7 Å². The Hall–Kier alpha value is -2.09. The number of nitrogens with zero attached hydrogens (tertiary/aromatic N) is 3. The fourth-order valence-electron chi connectivity index (χ4n) is 2.53. The van der Waals surface area contributed by atoms with Crippen molar-refractivity contribution in [1.29, 1.82) is 5.26 Å². The summed E-state index contributed by atoms with van der Waals surface area (Å²) in [5.41, 5.74) is 0.821. The van der Waals surface area contributed by atoms with Gasteiger partial charge in [-0.1, -0.05) is 64.7 Å². The molecule has 0 aliphatic heterocycles. The summed E-state index contributed by atoms with van der Waals surface area (Å²) in [5.74, 6) is 0.487. The van der Waals surface area contributed by atoms with Gasteiger partial charge in [-0.2, -0.15) is 5.26 Å².